The standard InChI is InChI=1S/C12H24Br2.C9H5Cl2N.C8H5NO2.C5H11N/c13-11-9-7-5-3-1-2-4-6-8-10-12-14;10-6-1-2-7-8(11)3-4-12-9(7)5-6;10-7-5-3-1-2-4-6(5)8(11)9-7;1-2-4-6-5-3-1/h1-12H2;1-5H;1-4H,(H,9,10,11);6H,1-5H2. The highest BCUT2D eigenvalue weighted by molar-refractivity contribution is 9.09. The Hall–Kier alpha value is -1.51. The first-order valence-electron chi connectivity index (χ1n) is 15.4. The highest BCUT2D eigenvalue weighted by Gasteiger charge is 2.25. The molecular weight excluding hydrogens is 713 g/mol. The summed E-state index contributed by atoms with van der Waals surface area (Å²) >= 11 is 18.6. The van der Waals surface area contributed by atoms with Crippen molar-refractivity contribution in [2.75, 3.05) is 23.7 Å². The van der Waals surface area contributed by atoms with Crippen molar-refractivity contribution < 1.29 is 9.59 Å². The summed E-state index contributed by atoms with van der Waals surface area (Å²) in [7, 11) is 0. The van der Waals surface area contributed by atoms with Gasteiger partial charge in [-0.05, 0) is 75.2 Å². The zero-order valence-corrected chi connectivity index (χ0v) is 29.7. The average Bonchev–Trinajstić information content (AvgIpc) is 3.33. The smallest absolute Gasteiger partial charge is 0.258 e. The lowest BCUT2D eigenvalue weighted by Crippen LogP contribution is -2.21. The minimum absolute atomic E-state index is 0.300. The number of unbranched alkanes of at least 4 members (excludes halogenated alkanes) is 9. The summed E-state index contributed by atoms with van der Waals surface area (Å²) in [6, 6.07) is 14.0. The molecule has 2 aliphatic heterocycles. The summed E-state index contributed by atoms with van der Waals surface area (Å²) in [5, 5.41) is 10.2. The molecule has 1 saturated heterocycles. The number of hydrogen-bond acceptors (Lipinski definition) is 4. The van der Waals surface area contributed by atoms with Gasteiger partial charge in [-0.1, -0.05) is 125 Å². The fraction of sp³-hybridized carbons (Fsp3) is 0.500. The number of rotatable bonds is 11. The molecule has 43 heavy (non-hydrogen) atoms. The second-order valence-corrected chi connectivity index (χ2v) is 12.9. The maximum absolute atomic E-state index is 10.9. The Kier molecular flexibility index (Phi) is 20.9. The molecule has 0 bridgehead atoms. The lowest BCUT2D eigenvalue weighted by atomic mass is 10.1. The van der Waals surface area contributed by atoms with Crippen molar-refractivity contribution in [2.45, 2.75) is 83.5 Å². The molecule has 3 heterocycles. The number of imide groups is 1. The number of amides is 2. The van der Waals surface area contributed by atoms with Crippen LogP contribution in [0.25, 0.3) is 10.9 Å². The second kappa shape index (κ2) is 23.8. The highest BCUT2D eigenvalue weighted by Crippen LogP contribution is 2.23. The Morgan fingerprint density at radius 3 is 1.63 bits per heavy atom. The van der Waals surface area contributed by atoms with Crippen LogP contribution in [0.3, 0.4) is 0 Å². The van der Waals surface area contributed by atoms with Crippen molar-refractivity contribution in [3.63, 3.8) is 0 Å². The average molecular weight is 758 g/mol. The highest BCUT2D eigenvalue weighted by atomic mass is 79.9. The number of aromatic nitrogens is 1. The summed E-state index contributed by atoms with van der Waals surface area (Å²) in [6.45, 7) is 2.50. The maximum atomic E-state index is 10.9. The number of fused-ring (bicyclic) bond motifs is 2. The van der Waals surface area contributed by atoms with Gasteiger partial charge in [0.2, 0.25) is 0 Å². The van der Waals surface area contributed by atoms with E-state index in [9.17, 15) is 9.59 Å². The van der Waals surface area contributed by atoms with Crippen molar-refractivity contribution in [3.05, 3.63) is 75.9 Å². The Morgan fingerprint density at radius 2 is 1.19 bits per heavy atom. The molecule has 0 unspecified atom stereocenters. The van der Waals surface area contributed by atoms with Crippen molar-refractivity contribution in [2.24, 2.45) is 0 Å². The van der Waals surface area contributed by atoms with Gasteiger partial charge in [-0.15, -0.1) is 0 Å². The van der Waals surface area contributed by atoms with Crippen LogP contribution >= 0.6 is 55.1 Å². The van der Waals surface area contributed by atoms with Gasteiger partial charge in [0.05, 0.1) is 21.7 Å². The van der Waals surface area contributed by atoms with Crippen LogP contribution in [0.15, 0.2) is 54.7 Å². The van der Waals surface area contributed by atoms with E-state index in [4.69, 9.17) is 23.2 Å². The predicted molar refractivity (Wildman–Crippen MR) is 190 cm³/mol. The largest absolute Gasteiger partial charge is 0.317 e. The zero-order chi connectivity index (χ0) is 31.1. The summed E-state index contributed by atoms with van der Waals surface area (Å²) in [5.41, 5.74) is 1.77. The third kappa shape index (κ3) is 15.9. The van der Waals surface area contributed by atoms with Gasteiger partial charge in [-0.3, -0.25) is 19.9 Å². The van der Waals surface area contributed by atoms with E-state index >= 15 is 0 Å². The molecule has 0 atom stereocenters. The summed E-state index contributed by atoms with van der Waals surface area (Å²) < 4.78 is 0. The van der Waals surface area contributed by atoms with E-state index in [1.807, 2.05) is 6.07 Å². The molecule has 5 rings (SSSR count). The molecule has 0 spiro atoms. The van der Waals surface area contributed by atoms with Gasteiger partial charge in [-0.25, -0.2) is 0 Å². The fourth-order valence-electron chi connectivity index (χ4n) is 4.61. The van der Waals surface area contributed by atoms with Crippen LogP contribution in [0.5, 0.6) is 0 Å². The van der Waals surface area contributed by atoms with Gasteiger partial charge in [-0.2, -0.15) is 0 Å². The number of pyridine rings is 1. The number of alkyl halides is 2. The number of benzene rings is 2. The molecule has 0 saturated carbocycles. The number of piperidine rings is 1. The van der Waals surface area contributed by atoms with Crippen molar-refractivity contribution in [1.29, 1.82) is 0 Å². The number of carbonyl (C=O) groups excluding carboxylic acids is 2. The number of nitrogens with zero attached hydrogens (tertiary/aromatic N) is 1. The predicted octanol–water partition coefficient (Wildman–Crippen LogP) is 10.5. The van der Waals surface area contributed by atoms with Crippen LogP contribution in [0.1, 0.15) is 104 Å². The first-order valence-corrected chi connectivity index (χ1v) is 18.4. The van der Waals surface area contributed by atoms with Gasteiger partial charge >= 0.3 is 0 Å². The first kappa shape index (κ1) is 37.7. The minimum atomic E-state index is -0.300. The monoisotopic (exact) mass is 755 g/mol. The van der Waals surface area contributed by atoms with E-state index in [-0.39, 0.29) is 11.8 Å². The van der Waals surface area contributed by atoms with Crippen LogP contribution in [0, 0.1) is 0 Å². The summed E-state index contributed by atoms with van der Waals surface area (Å²) in [4.78, 5) is 26.0. The zero-order valence-electron chi connectivity index (χ0n) is 25.0. The summed E-state index contributed by atoms with van der Waals surface area (Å²) in [5.74, 6) is -0.601. The SMILES string of the molecule is BrCCCCCCCCCCCCBr.C1CCNCC1.Clc1ccc2c(Cl)ccnc2c1.O=C1NC(=O)c2ccccc21. The van der Waals surface area contributed by atoms with E-state index in [1.54, 1.807) is 48.7 Å². The first-order chi connectivity index (χ1) is 21.0. The normalized spacial score (nSPS) is 13.5. The molecule has 1 aromatic heterocycles. The molecule has 2 aromatic carbocycles. The van der Waals surface area contributed by atoms with Gasteiger partial charge in [0.25, 0.3) is 11.8 Å². The molecular formula is C34H45Br2Cl2N3O2. The molecule has 236 valence electrons. The van der Waals surface area contributed by atoms with Crippen molar-refractivity contribution in [1.82, 2.24) is 15.6 Å². The lowest BCUT2D eigenvalue weighted by Gasteiger charge is -2.08. The number of halogens is 4. The van der Waals surface area contributed by atoms with E-state index < -0.39 is 0 Å². The Bertz CT molecular complexity index is 1170. The van der Waals surface area contributed by atoms with Crippen molar-refractivity contribution >= 4 is 77.8 Å². The van der Waals surface area contributed by atoms with E-state index in [0.717, 1.165) is 10.9 Å². The Balaban J connectivity index is 0.000000206. The maximum Gasteiger partial charge on any atom is 0.258 e. The number of hydrogen-bond donors (Lipinski definition) is 2. The molecule has 0 radical (unpaired) electrons. The van der Waals surface area contributed by atoms with Crippen LogP contribution in [0.2, 0.25) is 10.0 Å². The van der Waals surface area contributed by atoms with Crippen LogP contribution in [-0.4, -0.2) is 40.5 Å². The molecule has 1 fully saturated rings. The molecule has 5 nitrogen and oxygen atoms in total. The quantitative estimate of drug-likeness (QED) is 0.116. The van der Waals surface area contributed by atoms with Gasteiger partial charge < -0.3 is 5.32 Å². The number of carbonyl (C=O) groups is 2. The Morgan fingerprint density at radius 1 is 0.674 bits per heavy atom. The van der Waals surface area contributed by atoms with Crippen LogP contribution < -0.4 is 10.6 Å². The topological polar surface area (TPSA) is 71.1 Å². The van der Waals surface area contributed by atoms with Gasteiger partial charge in [0.1, 0.15) is 0 Å². The third-order valence-corrected chi connectivity index (χ3v) is 8.71. The van der Waals surface area contributed by atoms with E-state index in [2.05, 4.69) is 47.5 Å². The molecule has 2 amide bonds. The van der Waals surface area contributed by atoms with Gasteiger partial charge in [0.15, 0.2) is 0 Å². The number of nitrogens with one attached hydrogen (secondary N) is 2. The molecule has 3 aromatic rings. The van der Waals surface area contributed by atoms with Crippen molar-refractivity contribution in [3.8, 4) is 0 Å². The molecule has 2 N–H and O–H groups in total. The van der Waals surface area contributed by atoms with Crippen LogP contribution in [-0.2, 0) is 0 Å². The second-order valence-electron chi connectivity index (χ2n) is 10.5. The summed E-state index contributed by atoms with van der Waals surface area (Å²) in [6.07, 6.45) is 20.1. The lowest BCUT2D eigenvalue weighted by molar-refractivity contribution is 0.0879. The molecule has 2 aliphatic rings. The van der Waals surface area contributed by atoms with E-state index in [1.165, 1.54) is 107 Å². The molecule has 0 aliphatic carbocycles. The molecule has 9 heteroatoms. The minimum Gasteiger partial charge on any atom is -0.317 e. The van der Waals surface area contributed by atoms with Gasteiger partial charge in [0, 0.05) is 27.3 Å². The Labute approximate surface area is 284 Å². The van der Waals surface area contributed by atoms with Crippen LogP contribution in [0.4, 0.5) is 0 Å². The van der Waals surface area contributed by atoms with E-state index in [0.29, 0.717) is 21.2 Å². The third-order valence-electron chi connectivity index (χ3n) is 7.02. The fourth-order valence-corrected chi connectivity index (χ4v) is 5.78.